The van der Waals surface area contributed by atoms with Crippen LogP contribution in [-0.4, -0.2) is 31.9 Å². The Morgan fingerprint density at radius 1 is 1.50 bits per heavy atom. The van der Waals surface area contributed by atoms with Crippen LogP contribution in [0.2, 0.25) is 0 Å². The van der Waals surface area contributed by atoms with E-state index >= 15 is 0 Å². The van der Waals surface area contributed by atoms with Crippen LogP contribution in [0.3, 0.4) is 0 Å². The van der Waals surface area contributed by atoms with Crippen LogP contribution in [0.4, 0.5) is 0 Å². The fourth-order valence-corrected chi connectivity index (χ4v) is 4.90. The molecule has 114 valence electrons. The average Bonchev–Trinajstić information content (AvgIpc) is 2.84. The molecule has 20 heavy (non-hydrogen) atoms. The van der Waals surface area contributed by atoms with Crippen LogP contribution < -0.4 is 5.32 Å². The lowest BCUT2D eigenvalue weighted by atomic mass is 10.4. The molecule has 1 heterocycles. The summed E-state index contributed by atoms with van der Waals surface area (Å²) in [5, 5.41) is 5.09. The molecule has 0 aliphatic rings. The summed E-state index contributed by atoms with van der Waals surface area (Å²) < 4.78 is 26.9. The van der Waals surface area contributed by atoms with Crippen molar-refractivity contribution in [1.29, 1.82) is 0 Å². The number of nitrogens with one attached hydrogen (secondary N) is 1. The van der Waals surface area contributed by atoms with E-state index in [-0.39, 0.29) is 6.04 Å². The molecule has 0 fully saturated rings. The number of nitrogens with zero attached hydrogens (tertiary/aromatic N) is 1. The Morgan fingerprint density at radius 2 is 2.20 bits per heavy atom. The van der Waals surface area contributed by atoms with E-state index in [4.69, 9.17) is 0 Å². The summed E-state index contributed by atoms with van der Waals surface area (Å²) in [6.45, 7) is 11.3. The normalized spacial score (nSPS) is 12.2. The largest absolute Gasteiger partial charge is 0.312 e. The van der Waals surface area contributed by atoms with Gasteiger partial charge in [0.25, 0.3) is 0 Å². The first-order valence-electron chi connectivity index (χ1n) is 6.85. The zero-order valence-electron chi connectivity index (χ0n) is 12.4. The molecular weight excluding hydrogens is 292 g/mol. The van der Waals surface area contributed by atoms with E-state index in [1.807, 2.05) is 19.2 Å². The van der Waals surface area contributed by atoms with Gasteiger partial charge in [0.05, 0.1) is 4.90 Å². The van der Waals surface area contributed by atoms with Crippen LogP contribution in [0.25, 0.3) is 0 Å². The monoisotopic (exact) mass is 316 g/mol. The van der Waals surface area contributed by atoms with E-state index in [1.54, 1.807) is 12.1 Å². The smallest absolute Gasteiger partial charge is 0.244 e. The standard InChI is InChI=1S/C14H24N2O2S2/c1-5-8-15-11-13-14(7-10-19-13)20(17,18)16(9-6-2)12(3)4/h6-7,10,12,15H,2,5,8-9,11H2,1,3-4H3. The molecule has 1 rings (SSSR count). The number of sulfonamides is 1. The molecule has 0 spiro atoms. The van der Waals surface area contributed by atoms with Gasteiger partial charge in [0.2, 0.25) is 10.0 Å². The maximum Gasteiger partial charge on any atom is 0.244 e. The first-order chi connectivity index (χ1) is 9.45. The predicted molar refractivity (Wildman–Crippen MR) is 85.5 cm³/mol. The number of hydrogen-bond acceptors (Lipinski definition) is 4. The molecule has 0 saturated carbocycles. The van der Waals surface area contributed by atoms with Gasteiger partial charge in [-0.1, -0.05) is 13.0 Å². The molecule has 4 nitrogen and oxygen atoms in total. The van der Waals surface area contributed by atoms with Crippen molar-refractivity contribution in [1.82, 2.24) is 9.62 Å². The second-order valence-electron chi connectivity index (χ2n) is 4.84. The Labute approximate surface area is 126 Å². The van der Waals surface area contributed by atoms with E-state index < -0.39 is 10.0 Å². The van der Waals surface area contributed by atoms with Crippen molar-refractivity contribution in [2.45, 2.75) is 44.7 Å². The summed E-state index contributed by atoms with van der Waals surface area (Å²) in [5.41, 5.74) is 0. The second-order valence-corrected chi connectivity index (χ2v) is 7.70. The second kappa shape index (κ2) is 7.93. The quantitative estimate of drug-likeness (QED) is 0.563. The third-order valence-corrected chi connectivity index (χ3v) is 6.07. The fourth-order valence-electron chi connectivity index (χ4n) is 1.91. The van der Waals surface area contributed by atoms with Crippen LogP contribution in [-0.2, 0) is 16.6 Å². The van der Waals surface area contributed by atoms with E-state index in [0.717, 1.165) is 17.8 Å². The van der Waals surface area contributed by atoms with E-state index in [9.17, 15) is 8.42 Å². The van der Waals surface area contributed by atoms with Gasteiger partial charge >= 0.3 is 0 Å². The highest BCUT2D eigenvalue weighted by atomic mass is 32.2. The Kier molecular flexibility index (Phi) is 6.88. The maximum absolute atomic E-state index is 12.7. The average molecular weight is 316 g/mol. The van der Waals surface area contributed by atoms with Gasteiger partial charge in [0.15, 0.2) is 0 Å². The molecule has 0 aliphatic carbocycles. The molecule has 1 aromatic heterocycles. The van der Waals surface area contributed by atoms with Crippen molar-refractivity contribution in [3.8, 4) is 0 Å². The topological polar surface area (TPSA) is 49.4 Å². The Balaban J connectivity index is 3.02. The van der Waals surface area contributed by atoms with Gasteiger partial charge in [-0.25, -0.2) is 8.42 Å². The number of thiophene rings is 1. The van der Waals surface area contributed by atoms with Gasteiger partial charge in [-0.3, -0.25) is 0 Å². The summed E-state index contributed by atoms with van der Waals surface area (Å²) in [6.07, 6.45) is 2.65. The molecule has 1 N–H and O–H groups in total. The minimum Gasteiger partial charge on any atom is -0.312 e. The predicted octanol–water partition coefficient (Wildman–Crippen LogP) is 2.83. The van der Waals surface area contributed by atoms with Gasteiger partial charge in [0.1, 0.15) is 0 Å². The lowest BCUT2D eigenvalue weighted by Gasteiger charge is -2.24. The van der Waals surface area contributed by atoms with Crippen molar-refractivity contribution >= 4 is 21.4 Å². The molecule has 0 atom stereocenters. The van der Waals surface area contributed by atoms with Crippen LogP contribution >= 0.6 is 11.3 Å². The first-order valence-corrected chi connectivity index (χ1v) is 9.16. The first kappa shape index (κ1) is 17.4. The molecule has 0 amide bonds. The zero-order chi connectivity index (χ0) is 15.2. The molecule has 0 aromatic carbocycles. The minimum atomic E-state index is -3.45. The summed E-state index contributed by atoms with van der Waals surface area (Å²) in [5.74, 6) is 0. The zero-order valence-corrected chi connectivity index (χ0v) is 14.1. The third-order valence-electron chi connectivity index (χ3n) is 2.89. The van der Waals surface area contributed by atoms with Gasteiger partial charge in [-0.2, -0.15) is 4.31 Å². The van der Waals surface area contributed by atoms with Crippen molar-refractivity contribution in [2.75, 3.05) is 13.1 Å². The van der Waals surface area contributed by atoms with Gasteiger partial charge in [-0.15, -0.1) is 17.9 Å². The van der Waals surface area contributed by atoms with Gasteiger partial charge in [-0.05, 0) is 38.3 Å². The maximum atomic E-state index is 12.7. The number of hydrogen-bond donors (Lipinski definition) is 1. The van der Waals surface area contributed by atoms with Crippen LogP contribution in [0.15, 0.2) is 29.0 Å². The fraction of sp³-hybridized carbons (Fsp3) is 0.571. The highest BCUT2D eigenvalue weighted by Gasteiger charge is 2.28. The highest BCUT2D eigenvalue weighted by molar-refractivity contribution is 7.89. The van der Waals surface area contributed by atoms with Crippen LogP contribution in [0.5, 0.6) is 0 Å². The molecular formula is C14H24N2O2S2. The molecule has 1 aromatic rings. The van der Waals surface area contributed by atoms with Crippen LogP contribution in [0.1, 0.15) is 32.1 Å². The molecule has 6 heteroatoms. The molecule has 0 saturated heterocycles. The summed E-state index contributed by atoms with van der Waals surface area (Å²) in [4.78, 5) is 1.29. The summed E-state index contributed by atoms with van der Waals surface area (Å²) >= 11 is 1.48. The van der Waals surface area contributed by atoms with Gasteiger partial charge in [0, 0.05) is 24.0 Å². The third kappa shape index (κ3) is 4.15. The Hall–Kier alpha value is -0.690. The van der Waals surface area contributed by atoms with Crippen molar-refractivity contribution in [3.05, 3.63) is 29.0 Å². The van der Waals surface area contributed by atoms with Crippen molar-refractivity contribution < 1.29 is 8.42 Å². The summed E-state index contributed by atoms with van der Waals surface area (Å²) in [7, 11) is -3.45. The Bertz CT molecular complexity index is 521. The molecule has 0 aliphatic heterocycles. The Morgan fingerprint density at radius 3 is 2.75 bits per heavy atom. The molecule has 0 unspecified atom stereocenters. The molecule has 0 radical (unpaired) electrons. The minimum absolute atomic E-state index is 0.0886. The SMILES string of the molecule is C=CCN(C(C)C)S(=O)(=O)c1ccsc1CNCCC. The van der Waals surface area contributed by atoms with E-state index in [1.165, 1.54) is 15.6 Å². The van der Waals surface area contributed by atoms with Crippen molar-refractivity contribution in [2.24, 2.45) is 0 Å². The molecule has 0 bridgehead atoms. The summed E-state index contributed by atoms with van der Waals surface area (Å²) in [6, 6.07) is 1.61. The highest BCUT2D eigenvalue weighted by Crippen LogP contribution is 2.26. The van der Waals surface area contributed by atoms with E-state index in [2.05, 4.69) is 18.8 Å². The van der Waals surface area contributed by atoms with Crippen LogP contribution in [0, 0.1) is 0 Å². The lowest BCUT2D eigenvalue weighted by molar-refractivity contribution is 0.382. The van der Waals surface area contributed by atoms with Gasteiger partial charge < -0.3 is 5.32 Å². The lowest BCUT2D eigenvalue weighted by Crippen LogP contribution is -2.37. The number of rotatable bonds is 9. The van der Waals surface area contributed by atoms with Crippen molar-refractivity contribution in [3.63, 3.8) is 0 Å². The van der Waals surface area contributed by atoms with E-state index in [0.29, 0.717) is 18.0 Å².